The highest BCUT2D eigenvalue weighted by molar-refractivity contribution is 5.64. The predicted molar refractivity (Wildman–Crippen MR) is 66.8 cm³/mol. The SMILES string of the molecule is CCN(C)/C=N/c1cc(OO)c(CO)cc1C. The second-order valence-corrected chi connectivity index (χ2v) is 3.81. The predicted octanol–water partition coefficient (Wildman–Crippen LogP) is 1.95. The molecule has 0 spiro atoms. The number of aliphatic imine (C=N–C) groups is 1. The Balaban J connectivity index is 3.04. The first-order valence-electron chi connectivity index (χ1n) is 5.42. The summed E-state index contributed by atoms with van der Waals surface area (Å²) in [5.74, 6) is 0.226. The molecule has 0 unspecified atom stereocenters. The van der Waals surface area contributed by atoms with Crippen LogP contribution in [0.3, 0.4) is 0 Å². The number of rotatable bonds is 5. The maximum absolute atomic E-state index is 9.08. The van der Waals surface area contributed by atoms with Gasteiger partial charge < -0.3 is 14.9 Å². The van der Waals surface area contributed by atoms with Crippen LogP contribution in [-0.4, -0.2) is 35.2 Å². The third-order valence-corrected chi connectivity index (χ3v) is 2.54. The van der Waals surface area contributed by atoms with E-state index in [0.717, 1.165) is 12.1 Å². The van der Waals surface area contributed by atoms with Crippen molar-refractivity contribution in [2.45, 2.75) is 20.5 Å². The molecule has 1 aromatic rings. The Labute approximate surface area is 101 Å². The van der Waals surface area contributed by atoms with Gasteiger partial charge in [-0.25, -0.2) is 10.2 Å². The van der Waals surface area contributed by atoms with Gasteiger partial charge in [0.2, 0.25) is 0 Å². The molecule has 1 rings (SSSR count). The van der Waals surface area contributed by atoms with Crippen molar-refractivity contribution in [3.8, 4) is 5.75 Å². The zero-order valence-electron chi connectivity index (χ0n) is 10.3. The van der Waals surface area contributed by atoms with Gasteiger partial charge in [0.1, 0.15) is 0 Å². The first-order chi connectivity index (χ1) is 8.12. The van der Waals surface area contributed by atoms with Crippen molar-refractivity contribution in [2.24, 2.45) is 4.99 Å². The van der Waals surface area contributed by atoms with E-state index in [0.29, 0.717) is 11.3 Å². The quantitative estimate of drug-likeness (QED) is 0.356. The molecule has 0 fully saturated rings. The van der Waals surface area contributed by atoms with Gasteiger partial charge >= 0.3 is 0 Å². The van der Waals surface area contributed by atoms with E-state index in [2.05, 4.69) is 9.88 Å². The maximum Gasteiger partial charge on any atom is 0.172 e. The van der Waals surface area contributed by atoms with Gasteiger partial charge in [-0.3, -0.25) is 0 Å². The Bertz CT molecular complexity index is 405. The van der Waals surface area contributed by atoms with Crippen LogP contribution in [0, 0.1) is 6.92 Å². The molecule has 2 N–H and O–H groups in total. The molecule has 0 aromatic heterocycles. The van der Waals surface area contributed by atoms with Crippen LogP contribution in [0.2, 0.25) is 0 Å². The molecule has 5 heteroatoms. The zero-order chi connectivity index (χ0) is 12.8. The van der Waals surface area contributed by atoms with E-state index in [1.54, 1.807) is 18.5 Å². The van der Waals surface area contributed by atoms with Gasteiger partial charge in [-0.2, -0.15) is 0 Å². The highest BCUT2D eigenvalue weighted by Gasteiger charge is 2.07. The van der Waals surface area contributed by atoms with Crippen LogP contribution >= 0.6 is 0 Å². The normalized spacial score (nSPS) is 10.9. The maximum atomic E-state index is 9.08. The molecular weight excluding hydrogens is 220 g/mol. The summed E-state index contributed by atoms with van der Waals surface area (Å²) in [5, 5.41) is 17.8. The van der Waals surface area contributed by atoms with Gasteiger partial charge in [0.05, 0.1) is 18.6 Å². The molecule has 0 amide bonds. The number of benzene rings is 1. The third kappa shape index (κ3) is 3.44. The molecule has 0 aliphatic heterocycles. The fourth-order valence-corrected chi connectivity index (χ4v) is 1.33. The van der Waals surface area contributed by atoms with Crippen molar-refractivity contribution < 1.29 is 15.3 Å². The summed E-state index contributed by atoms with van der Waals surface area (Å²) in [7, 11) is 1.92. The lowest BCUT2D eigenvalue weighted by Crippen LogP contribution is -2.14. The van der Waals surface area contributed by atoms with Crippen LogP contribution in [0.1, 0.15) is 18.1 Å². The van der Waals surface area contributed by atoms with Crippen molar-refractivity contribution >= 4 is 12.0 Å². The molecule has 0 heterocycles. The number of hydrogen-bond donors (Lipinski definition) is 2. The van der Waals surface area contributed by atoms with Crippen LogP contribution in [0.15, 0.2) is 17.1 Å². The Morgan fingerprint density at radius 1 is 1.47 bits per heavy atom. The van der Waals surface area contributed by atoms with Crippen LogP contribution < -0.4 is 4.89 Å². The minimum Gasteiger partial charge on any atom is -0.392 e. The molecule has 0 atom stereocenters. The van der Waals surface area contributed by atoms with E-state index < -0.39 is 0 Å². The van der Waals surface area contributed by atoms with Gasteiger partial charge in [-0.15, -0.1) is 0 Å². The first-order valence-corrected chi connectivity index (χ1v) is 5.42. The topological polar surface area (TPSA) is 65.3 Å². The number of nitrogens with zero attached hydrogens (tertiary/aromatic N) is 2. The molecule has 1 aromatic carbocycles. The second kappa shape index (κ2) is 6.22. The number of aliphatic hydroxyl groups excluding tert-OH is 1. The Morgan fingerprint density at radius 3 is 2.71 bits per heavy atom. The van der Waals surface area contributed by atoms with E-state index in [9.17, 15) is 0 Å². The molecular formula is C12H18N2O3. The van der Waals surface area contributed by atoms with Gasteiger partial charge in [0, 0.05) is 25.2 Å². The summed E-state index contributed by atoms with van der Waals surface area (Å²) in [6, 6.07) is 3.34. The summed E-state index contributed by atoms with van der Waals surface area (Å²) in [5.41, 5.74) is 2.15. The molecule has 0 aliphatic rings. The lowest BCUT2D eigenvalue weighted by atomic mass is 10.1. The minimum atomic E-state index is -0.185. The Morgan fingerprint density at radius 2 is 2.18 bits per heavy atom. The Kier molecular flexibility index (Phi) is 4.93. The molecule has 5 nitrogen and oxygen atoms in total. The molecule has 0 bridgehead atoms. The fourth-order valence-electron chi connectivity index (χ4n) is 1.33. The first kappa shape index (κ1) is 13.5. The van der Waals surface area contributed by atoms with E-state index in [1.807, 2.05) is 25.8 Å². The van der Waals surface area contributed by atoms with Crippen LogP contribution in [-0.2, 0) is 6.61 Å². The zero-order valence-corrected chi connectivity index (χ0v) is 10.3. The number of hydrogen-bond acceptors (Lipinski definition) is 4. The highest BCUT2D eigenvalue weighted by Crippen LogP contribution is 2.28. The lowest BCUT2D eigenvalue weighted by molar-refractivity contribution is -0.138. The molecule has 0 saturated heterocycles. The summed E-state index contributed by atoms with van der Waals surface area (Å²) >= 11 is 0. The van der Waals surface area contributed by atoms with Gasteiger partial charge in [-0.1, -0.05) is 0 Å². The largest absolute Gasteiger partial charge is 0.392 e. The van der Waals surface area contributed by atoms with Crippen LogP contribution in [0.4, 0.5) is 5.69 Å². The lowest BCUT2D eigenvalue weighted by Gasteiger charge is -2.10. The molecule has 0 radical (unpaired) electrons. The van der Waals surface area contributed by atoms with E-state index in [-0.39, 0.29) is 12.4 Å². The number of aliphatic hydroxyl groups is 1. The van der Waals surface area contributed by atoms with Crippen LogP contribution in [0.5, 0.6) is 5.75 Å². The van der Waals surface area contributed by atoms with Crippen molar-refractivity contribution in [3.05, 3.63) is 23.3 Å². The minimum absolute atomic E-state index is 0.185. The van der Waals surface area contributed by atoms with Gasteiger partial charge in [-0.05, 0) is 25.5 Å². The summed E-state index contributed by atoms with van der Waals surface area (Å²) < 4.78 is 0. The molecule has 0 saturated carbocycles. The van der Waals surface area contributed by atoms with E-state index in [4.69, 9.17) is 10.4 Å². The van der Waals surface area contributed by atoms with E-state index >= 15 is 0 Å². The molecule has 94 valence electrons. The summed E-state index contributed by atoms with van der Waals surface area (Å²) in [6.45, 7) is 4.59. The van der Waals surface area contributed by atoms with E-state index in [1.165, 1.54) is 0 Å². The monoisotopic (exact) mass is 238 g/mol. The fraction of sp³-hybridized carbons (Fsp3) is 0.417. The average molecular weight is 238 g/mol. The smallest absolute Gasteiger partial charge is 0.172 e. The van der Waals surface area contributed by atoms with Crippen molar-refractivity contribution in [2.75, 3.05) is 13.6 Å². The highest BCUT2D eigenvalue weighted by atomic mass is 17.1. The Hall–Kier alpha value is -1.59. The van der Waals surface area contributed by atoms with Crippen molar-refractivity contribution in [1.29, 1.82) is 0 Å². The summed E-state index contributed by atoms with van der Waals surface area (Å²) in [4.78, 5) is 10.4. The van der Waals surface area contributed by atoms with Crippen molar-refractivity contribution in [1.82, 2.24) is 4.90 Å². The summed E-state index contributed by atoms with van der Waals surface area (Å²) in [6.07, 6.45) is 1.71. The van der Waals surface area contributed by atoms with Crippen LogP contribution in [0.25, 0.3) is 0 Å². The third-order valence-electron chi connectivity index (χ3n) is 2.54. The molecule has 17 heavy (non-hydrogen) atoms. The molecule has 0 aliphatic carbocycles. The average Bonchev–Trinajstić information content (AvgIpc) is 2.36. The standard InChI is InChI=1S/C12H18N2O3/c1-4-14(3)8-13-11-6-12(17-16)10(7-15)5-9(11)2/h5-6,8,15-16H,4,7H2,1-3H3/b13-8+. The second-order valence-electron chi connectivity index (χ2n) is 3.81. The number of aryl methyl sites for hydroxylation is 1. The van der Waals surface area contributed by atoms with Gasteiger partial charge in [0.25, 0.3) is 0 Å². The van der Waals surface area contributed by atoms with Crippen molar-refractivity contribution in [3.63, 3.8) is 0 Å². The van der Waals surface area contributed by atoms with Gasteiger partial charge in [0.15, 0.2) is 5.75 Å².